The number of alkyl halides is 3. The Morgan fingerprint density at radius 2 is 2.21 bits per heavy atom. The second-order valence-electron chi connectivity index (χ2n) is 2.38. The number of hydrogen-bond donors (Lipinski definition) is 1. The number of halogens is 3. The van der Waals surface area contributed by atoms with Gasteiger partial charge in [-0.15, -0.1) is 11.3 Å². The highest BCUT2D eigenvalue weighted by molar-refractivity contribution is 7.10. The Hall–Kier alpha value is -1.06. The van der Waals surface area contributed by atoms with Crippen molar-refractivity contribution in [1.82, 2.24) is 4.98 Å². The van der Waals surface area contributed by atoms with E-state index in [9.17, 15) is 13.2 Å². The lowest BCUT2D eigenvalue weighted by Crippen LogP contribution is -2.04. The third-order valence-electron chi connectivity index (χ3n) is 1.26. The second-order valence-corrected chi connectivity index (χ2v) is 3.23. The van der Waals surface area contributed by atoms with Gasteiger partial charge in [-0.05, 0) is 5.92 Å². The molecule has 0 amide bonds. The van der Waals surface area contributed by atoms with Gasteiger partial charge < -0.3 is 5.73 Å². The van der Waals surface area contributed by atoms with E-state index in [1.807, 2.05) is 0 Å². The first-order valence-corrected chi connectivity index (χ1v) is 4.63. The minimum Gasteiger partial charge on any atom is -0.330 e. The van der Waals surface area contributed by atoms with Crippen LogP contribution in [0.5, 0.6) is 0 Å². The molecule has 0 bridgehead atoms. The Bertz CT molecular complexity index is 359. The normalized spacial score (nSPS) is 10.9. The maximum Gasteiger partial charge on any atom is 0.434 e. The Balaban J connectivity index is 2.75. The molecule has 0 aromatic carbocycles. The average molecular weight is 220 g/mol. The molecule has 0 radical (unpaired) electrons. The topological polar surface area (TPSA) is 38.9 Å². The van der Waals surface area contributed by atoms with Crippen molar-refractivity contribution in [1.29, 1.82) is 0 Å². The molecular weight excluding hydrogens is 213 g/mol. The van der Waals surface area contributed by atoms with E-state index >= 15 is 0 Å². The fourth-order valence-corrected chi connectivity index (χ4v) is 1.36. The molecule has 1 heterocycles. The molecule has 0 saturated heterocycles. The second kappa shape index (κ2) is 4.44. The lowest BCUT2D eigenvalue weighted by molar-refractivity contribution is -0.140. The number of aromatic nitrogens is 1. The number of nitrogens with zero attached hydrogens (tertiary/aromatic N) is 1. The van der Waals surface area contributed by atoms with Crippen molar-refractivity contribution in [2.45, 2.75) is 12.6 Å². The van der Waals surface area contributed by atoms with E-state index in [0.717, 1.165) is 16.7 Å². The van der Waals surface area contributed by atoms with E-state index in [-0.39, 0.29) is 5.01 Å². The van der Waals surface area contributed by atoms with Crippen molar-refractivity contribution in [3.8, 4) is 11.8 Å². The lowest BCUT2D eigenvalue weighted by atomic mass is 10.4. The van der Waals surface area contributed by atoms with Gasteiger partial charge in [-0.1, -0.05) is 5.92 Å². The highest BCUT2D eigenvalue weighted by Gasteiger charge is 2.33. The van der Waals surface area contributed by atoms with Crippen molar-refractivity contribution < 1.29 is 13.2 Å². The van der Waals surface area contributed by atoms with Crippen LogP contribution in [0.15, 0.2) is 5.38 Å². The Morgan fingerprint density at radius 1 is 1.50 bits per heavy atom. The average Bonchev–Trinajstić information content (AvgIpc) is 2.52. The molecule has 2 nitrogen and oxygen atoms in total. The SMILES string of the molecule is NCCC#Cc1nc(C(F)(F)F)cs1. The van der Waals surface area contributed by atoms with E-state index < -0.39 is 11.9 Å². The van der Waals surface area contributed by atoms with Crippen LogP contribution in [0.1, 0.15) is 17.1 Å². The van der Waals surface area contributed by atoms with E-state index in [1.165, 1.54) is 0 Å². The van der Waals surface area contributed by atoms with Gasteiger partial charge in [0, 0.05) is 18.3 Å². The first-order valence-electron chi connectivity index (χ1n) is 3.75. The van der Waals surface area contributed by atoms with Gasteiger partial charge in [0.15, 0.2) is 10.7 Å². The molecule has 14 heavy (non-hydrogen) atoms. The van der Waals surface area contributed by atoms with Gasteiger partial charge in [0.1, 0.15) is 0 Å². The van der Waals surface area contributed by atoms with Crippen LogP contribution < -0.4 is 5.73 Å². The van der Waals surface area contributed by atoms with Crippen LogP contribution in [0.3, 0.4) is 0 Å². The van der Waals surface area contributed by atoms with E-state index in [1.54, 1.807) is 0 Å². The van der Waals surface area contributed by atoms with Gasteiger partial charge in [-0.2, -0.15) is 13.2 Å². The zero-order valence-corrected chi connectivity index (χ0v) is 7.87. The van der Waals surface area contributed by atoms with Gasteiger partial charge in [-0.25, -0.2) is 4.98 Å². The summed E-state index contributed by atoms with van der Waals surface area (Å²) in [6, 6.07) is 0. The summed E-state index contributed by atoms with van der Waals surface area (Å²) in [6.07, 6.45) is -3.93. The van der Waals surface area contributed by atoms with Gasteiger partial charge in [0.05, 0.1) is 0 Å². The molecule has 76 valence electrons. The monoisotopic (exact) mass is 220 g/mol. The summed E-state index contributed by atoms with van der Waals surface area (Å²) in [5, 5.41) is 1.12. The molecule has 0 saturated carbocycles. The zero-order valence-electron chi connectivity index (χ0n) is 7.06. The molecule has 1 aromatic rings. The lowest BCUT2D eigenvalue weighted by Gasteiger charge is -1.98. The van der Waals surface area contributed by atoms with Gasteiger partial charge >= 0.3 is 6.18 Å². The molecule has 2 N–H and O–H groups in total. The predicted molar refractivity (Wildman–Crippen MR) is 47.7 cm³/mol. The van der Waals surface area contributed by atoms with Crippen LogP contribution in [0.4, 0.5) is 13.2 Å². The maximum atomic E-state index is 12.1. The van der Waals surface area contributed by atoms with E-state index in [4.69, 9.17) is 5.73 Å². The molecule has 6 heteroatoms. The predicted octanol–water partition coefficient (Wildman–Crippen LogP) is 1.86. The van der Waals surface area contributed by atoms with Crippen LogP contribution in [-0.2, 0) is 6.18 Å². The van der Waals surface area contributed by atoms with Crippen LogP contribution in [0, 0.1) is 11.8 Å². The van der Waals surface area contributed by atoms with E-state index in [2.05, 4.69) is 16.8 Å². The number of thiazole rings is 1. The third-order valence-corrected chi connectivity index (χ3v) is 2.02. The smallest absolute Gasteiger partial charge is 0.330 e. The quantitative estimate of drug-likeness (QED) is 0.734. The Morgan fingerprint density at radius 3 is 2.71 bits per heavy atom. The fraction of sp³-hybridized carbons (Fsp3) is 0.375. The Labute approximate surface area is 83.0 Å². The summed E-state index contributed by atoms with van der Waals surface area (Å²) in [6.45, 7) is 0.393. The Kier molecular flexibility index (Phi) is 3.49. The molecule has 0 atom stereocenters. The number of rotatable bonds is 1. The highest BCUT2D eigenvalue weighted by atomic mass is 32.1. The van der Waals surface area contributed by atoms with Crippen molar-refractivity contribution >= 4 is 11.3 Å². The van der Waals surface area contributed by atoms with Crippen molar-refractivity contribution in [3.05, 3.63) is 16.1 Å². The first-order chi connectivity index (χ1) is 6.54. The highest BCUT2D eigenvalue weighted by Crippen LogP contribution is 2.29. The van der Waals surface area contributed by atoms with Crippen molar-refractivity contribution in [3.63, 3.8) is 0 Å². The molecule has 0 aliphatic carbocycles. The molecule has 0 spiro atoms. The van der Waals surface area contributed by atoms with Gasteiger partial charge in [-0.3, -0.25) is 0 Å². The minimum absolute atomic E-state index is 0.172. The van der Waals surface area contributed by atoms with E-state index in [0.29, 0.717) is 13.0 Å². The third kappa shape index (κ3) is 3.01. The molecule has 0 aliphatic rings. The van der Waals surface area contributed by atoms with Crippen LogP contribution in [0.2, 0.25) is 0 Å². The fourth-order valence-electron chi connectivity index (χ4n) is 0.672. The first kappa shape index (κ1) is 11.0. The summed E-state index contributed by atoms with van der Waals surface area (Å²) >= 11 is 0.881. The molecular formula is C8H7F3N2S. The molecule has 1 aromatic heterocycles. The van der Waals surface area contributed by atoms with Crippen LogP contribution in [-0.4, -0.2) is 11.5 Å². The summed E-state index contributed by atoms with van der Waals surface area (Å²) in [5.74, 6) is 5.14. The standard InChI is InChI=1S/C8H7F3N2S/c9-8(10,11)6-5-14-7(13-6)3-1-2-4-12/h5H,2,4,12H2. The molecule has 0 unspecified atom stereocenters. The number of hydrogen-bond acceptors (Lipinski definition) is 3. The summed E-state index contributed by atoms with van der Waals surface area (Å²) in [4.78, 5) is 3.33. The van der Waals surface area contributed by atoms with Gasteiger partial charge in [0.25, 0.3) is 0 Å². The van der Waals surface area contributed by atoms with Crippen molar-refractivity contribution in [2.75, 3.05) is 6.54 Å². The molecule has 1 rings (SSSR count). The van der Waals surface area contributed by atoms with Crippen LogP contribution in [0.25, 0.3) is 0 Å². The van der Waals surface area contributed by atoms with Crippen LogP contribution >= 0.6 is 11.3 Å². The number of nitrogens with two attached hydrogens (primary N) is 1. The summed E-state index contributed by atoms with van der Waals surface area (Å²) in [7, 11) is 0. The summed E-state index contributed by atoms with van der Waals surface area (Å²) < 4.78 is 36.2. The summed E-state index contributed by atoms with van der Waals surface area (Å²) in [5.41, 5.74) is 4.28. The largest absolute Gasteiger partial charge is 0.434 e. The van der Waals surface area contributed by atoms with Gasteiger partial charge in [0.2, 0.25) is 0 Å². The molecule has 0 aliphatic heterocycles. The zero-order chi connectivity index (χ0) is 10.6. The van der Waals surface area contributed by atoms with Crippen molar-refractivity contribution in [2.24, 2.45) is 5.73 Å². The molecule has 0 fully saturated rings. The maximum absolute atomic E-state index is 12.1. The minimum atomic E-state index is -4.38.